The van der Waals surface area contributed by atoms with Crippen molar-refractivity contribution in [1.29, 1.82) is 0 Å². The molecule has 1 aromatic rings. The molecular weight excluding hydrogens is 217 g/mol. The Labute approximate surface area is 103 Å². The SMILES string of the molecule is COC(C)(C)CCC(N)Cc1ccccc1F. The third-order valence-corrected chi connectivity index (χ3v) is 3.11. The molecule has 2 nitrogen and oxygen atoms in total. The number of methoxy groups -OCH3 is 1. The van der Waals surface area contributed by atoms with E-state index in [1.165, 1.54) is 6.07 Å². The predicted octanol–water partition coefficient (Wildman–Crippen LogP) is 2.90. The summed E-state index contributed by atoms with van der Waals surface area (Å²) in [7, 11) is 1.70. The highest BCUT2D eigenvalue weighted by Gasteiger charge is 2.18. The van der Waals surface area contributed by atoms with Crippen molar-refractivity contribution in [3.63, 3.8) is 0 Å². The van der Waals surface area contributed by atoms with Crippen LogP contribution in [0.2, 0.25) is 0 Å². The summed E-state index contributed by atoms with van der Waals surface area (Å²) in [5.74, 6) is -0.172. The summed E-state index contributed by atoms with van der Waals surface area (Å²) in [6.07, 6.45) is 2.28. The van der Waals surface area contributed by atoms with E-state index in [1.807, 2.05) is 19.9 Å². The van der Waals surface area contributed by atoms with Gasteiger partial charge in [0.2, 0.25) is 0 Å². The minimum atomic E-state index is -0.172. The van der Waals surface area contributed by atoms with E-state index in [1.54, 1.807) is 19.2 Å². The van der Waals surface area contributed by atoms with Crippen LogP contribution in [0.15, 0.2) is 24.3 Å². The van der Waals surface area contributed by atoms with Crippen LogP contribution in [-0.4, -0.2) is 18.8 Å². The maximum Gasteiger partial charge on any atom is 0.126 e. The van der Waals surface area contributed by atoms with E-state index >= 15 is 0 Å². The van der Waals surface area contributed by atoms with Gasteiger partial charge < -0.3 is 10.5 Å². The standard InChI is InChI=1S/C14H22FNO/c1-14(2,17-3)9-8-12(16)10-11-6-4-5-7-13(11)15/h4-7,12H,8-10,16H2,1-3H3. The molecule has 0 amide bonds. The van der Waals surface area contributed by atoms with Crippen molar-refractivity contribution in [3.8, 4) is 0 Å². The Kier molecular flexibility index (Phi) is 5.09. The lowest BCUT2D eigenvalue weighted by atomic mass is 9.95. The monoisotopic (exact) mass is 239 g/mol. The van der Waals surface area contributed by atoms with E-state index in [0.29, 0.717) is 12.0 Å². The summed E-state index contributed by atoms with van der Waals surface area (Å²) in [4.78, 5) is 0. The Morgan fingerprint density at radius 2 is 2.00 bits per heavy atom. The molecule has 0 radical (unpaired) electrons. The Balaban J connectivity index is 2.45. The predicted molar refractivity (Wildman–Crippen MR) is 68.4 cm³/mol. The molecule has 0 bridgehead atoms. The topological polar surface area (TPSA) is 35.2 Å². The van der Waals surface area contributed by atoms with Crippen LogP contribution in [0.5, 0.6) is 0 Å². The van der Waals surface area contributed by atoms with Gasteiger partial charge in [0.25, 0.3) is 0 Å². The number of nitrogens with two attached hydrogens (primary N) is 1. The largest absolute Gasteiger partial charge is 0.379 e. The van der Waals surface area contributed by atoms with Gasteiger partial charge in [-0.2, -0.15) is 0 Å². The molecule has 0 heterocycles. The molecule has 0 aromatic heterocycles. The van der Waals surface area contributed by atoms with Crippen molar-refractivity contribution in [2.45, 2.75) is 44.8 Å². The maximum atomic E-state index is 13.4. The number of hydrogen-bond acceptors (Lipinski definition) is 2. The first kappa shape index (κ1) is 14.1. The molecule has 1 aromatic carbocycles. The van der Waals surface area contributed by atoms with Crippen LogP contribution in [0.1, 0.15) is 32.3 Å². The van der Waals surface area contributed by atoms with Gasteiger partial charge in [-0.05, 0) is 44.7 Å². The molecule has 1 atom stereocenters. The minimum Gasteiger partial charge on any atom is -0.379 e. The fourth-order valence-electron chi connectivity index (χ4n) is 1.68. The summed E-state index contributed by atoms with van der Waals surface area (Å²) < 4.78 is 18.7. The van der Waals surface area contributed by atoms with Crippen LogP contribution in [0.3, 0.4) is 0 Å². The number of ether oxygens (including phenoxy) is 1. The summed E-state index contributed by atoms with van der Waals surface area (Å²) in [5.41, 5.74) is 6.54. The van der Waals surface area contributed by atoms with Gasteiger partial charge >= 0.3 is 0 Å². The van der Waals surface area contributed by atoms with Crippen molar-refractivity contribution in [1.82, 2.24) is 0 Å². The molecule has 0 saturated carbocycles. The zero-order valence-electron chi connectivity index (χ0n) is 10.9. The first-order valence-electron chi connectivity index (χ1n) is 5.99. The van der Waals surface area contributed by atoms with Gasteiger partial charge in [0.15, 0.2) is 0 Å². The lowest BCUT2D eigenvalue weighted by Gasteiger charge is -2.24. The molecule has 0 fully saturated rings. The van der Waals surface area contributed by atoms with Crippen molar-refractivity contribution in [2.75, 3.05) is 7.11 Å². The highest BCUT2D eigenvalue weighted by molar-refractivity contribution is 5.18. The molecule has 3 heteroatoms. The molecule has 96 valence electrons. The quantitative estimate of drug-likeness (QED) is 0.828. The van der Waals surface area contributed by atoms with Crippen molar-refractivity contribution < 1.29 is 9.13 Å². The number of hydrogen-bond donors (Lipinski definition) is 1. The Morgan fingerprint density at radius 3 is 2.59 bits per heavy atom. The molecule has 2 N–H and O–H groups in total. The molecule has 0 saturated heterocycles. The molecular formula is C14H22FNO. The van der Waals surface area contributed by atoms with Crippen molar-refractivity contribution in [3.05, 3.63) is 35.6 Å². The third-order valence-electron chi connectivity index (χ3n) is 3.11. The van der Waals surface area contributed by atoms with Crippen LogP contribution in [0.4, 0.5) is 4.39 Å². The van der Waals surface area contributed by atoms with E-state index in [2.05, 4.69) is 0 Å². The summed E-state index contributed by atoms with van der Waals surface area (Å²) in [6.45, 7) is 4.06. The van der Waals surface area contributed by atoms with Gasteiger partial charge in [-0.25, -0.2) is 4.39 Å². The summed E-state index contributed by atoms with van der Waals surface area (Å²) in [5, 5.41) is 0. The van der Waals surface area contributed by atoms with E-state index in [-0.39, 0.29) is 17.5 Å². The molecule has 1 unspecified atom stereocenters. The van der Waals surface area contributed by atoms with Crippen LogP contribution in [0, 0.1) is 5.82 Å². The van der Waals surface area contributed by atoms with Gasteiger partial charge in [-0.1, -0.05) is 18.2 Å². The fourth-order valence-corrected chi connectivity index (χ4v) is 1.68. The molecule has 0 aliphatic heterocycles. The van der Waals surface area contributed by atoms with E-state index in [0.717, 1.165) is 12.8 Å². The Morgan fingerprint density at radius 1 is 1.35 bits per heavy atom. The summed E-state index contributed by atoms with van der Waals surface area (Å²) >= 11 is 0. The lowest BCUT2D eigenvalue weighted by Crippen LogP contribution is -2.29. The van der Waals surface area contributed by atoms with Gasteiger partial charge in [-0.15, -0.1) is 0 Å². The first-order chi connectivity index (χ1) is 7.94. The Bertz CT molecular complexity index is 352. The van der Waals surface area contributed by atoms with Gasteiger partial charge in [0.05, 0.1) is 5.60 Å². The first-order valence-corrected chi connectivity index (χ1v) is 5.99. The zero-order valence-corrected chi connectivity index (χ0v) is 10.9. The fraction of sp³-hybridized carbons (Fsp3) is 0.571. The normalized spacial score (nSPS) is 13.7. The molecule has 0 aliphatic carbocycles. The van der Waals surface area contributed by atoms with Crippen molar-refractivity contribution >= 4 is 0 Å². The van der Waals surface area contributed by atoms with E-state index in [4.69, 9.17) is 10.5 Å². The summed E-state index contributed by atoms with van der Waals surface area (Å²) in [6, 6.07) is 6.77. The van der Waals surface area contributed by atoms with Crippen LogP contribution in [-0.2, 0) is 11.2 Å². The van der Waals surface area contributed by atoms with E-state index < -0.39 is 0 Å². The van der Waals surface area contributed by atoms with Crippen LogP contribution in [0.25, 0.3) is 0 Å². The number of benzene rings is 1. The molecule has 1 rings (SSSR count). The number of halogens is 1. The average molecular weight is 239 g/mol. The lowest BCUT2D eigenvalue weighted by molar-refractivity contribution is 0.0125. The smallest absolute Gasteiger partial charge is 0.126 e. The molecule has 17 heavy (non-hydrogen) atoms. The maximum absolute atomic E-state index is 13.4. The molecule has 0 spiro atoms. The second-order valence-electron chi connectivity index (χ2n) is 5.06. The highest BCUT2D eigenvalue weighted by Crippen LogP contribution is 2.18. The van der Waals surface area contributed by atoms with Crippen LogP contribution < -0.4 is 5.73 Å². The van der Waals surface area contributed by atoms with Gasteiger partial charge in [0, 0.05) is 13.2 Å². The number of rotatable bonds is 6. The Hall–Kier alpha value is -0.930. The zero-order chi connectivity index (χ0) is 12.9. The second kappa shape index (κ2) is 6.12. The molecule has 0 aliphatic rings. The van der Waals surface area contributed by atoms with Crippen molar-refractivity contribution in [2.24, 2.45) is 5.73 Å². The van der Waals surface area contributed by atoms with Gasteiger partial charge in [0.1, 0.15) is 5.82 Å². The third kappa shape index (κ3) is 4.84. The van der Waals surface area contributed by atoms with Gasteiger partial charge in [-0.3, -0.25) is 0 Å². The highest BCUT2D eigenvalue weighted by atomic mass is 19.1. The minimum absolute atomic E-state index is 0.0266. The van der Waals surface area contributed by atoms with E-state index in [9.17, 15) is 4.39 Å². The second-order valence-corrected chi connectivity index (χ2v) is 5.06. The average Bonchev–Trinajstić information content (AvgIpc) is 2.30. The van der Waals surface area contributed by atoms with Crippen LogP contribution >= 0.6 is 0 Å².